The van der Waals surface area contributed by atoms with Gasteiger partial charge in [0.1, 0.15) is 0 Å². The van der Waals surface area contributed by atoms with Gasteiger partial charge >= 0.3 is 5.97 Å². The molecule has 0 aromatic rings. The van der Waals surface area contributed by atoms with E-state index in [1.54, 1.807) is 0 Å². The van der Waals surface area contributed by atoms with Crippen LogP contribution in [0, 0.1) is 5.92 Å². The molecule has 2 atom stereocenters. The van der Waals surface area contributed by atoms with E-state index in [-0.39, 0.29) is 18.0 Å². The predicted octanol–water partition coefficient (Wildman–Crippen LogP) is 0.642. The molecule has 0 aromatic carbocycles. The minimum absolute atomic E-state index is 0.102. The largest absolute Gasteiger partial charge is 0.466 e. The summed E-state index contributed by atoms with van der Waals surface area (Å²) in [6, 6.07) is 0. The topological polar surface area (TPSA) is 49.8 Å². The molecule has 1 aliphatic heterocycles. The summed E-state index contributed by atoms with van der Waals surface area (Å²) in [7, 11) is 0. The van der Waals surface area contributed by atoms with Crippen LogP contribution in [-0.2, 0) is 9.53 Å². The summed E-state index contributed by atoms with van der Waals surface area (Å²) in [4.78, 5) is 13.5. The fraction of sp³-hybridized carbons (Fsp3) is 0.909. The van der Waals surface area contributed by atoms with Gasteiger partial charge in [-0.1, -0.05) is 6.92 Å². The maximum absolute atomic E-state index is 11.4. The van der Waals surface area contributed by atoms with Gasteiger partial charge in [-0.15, -0.1) is 0 Å². The first-order chi connectivity index (χ1) is 7.13. The van der Waals surface area contributed by atoms with Crippen LogP contribution in [0.15, 0.2) is 0 Å². The molecule has 0 aliphatic carbocycles. The lowest BCUT2D eigenvalue weighted by atomic mass is 10.1. The molecule has 88 valence electrons. The third-order valence-electron chi connectivity index (χ3n) is 2.70. The van der Waals surface area contributed by atoms with Gasteiger partial charge in [0.05, 0.1) is 18.6 Å². The van der Waals surface area contributed by atoms with Crippen molar-refractivity contribution in [2.45, 2.75) is 32.8 Å². The molecule has 0 radical (unpaired) electrons. The third kappa shape index (κ3) is 4.18. The van der Waals surface area contributed by atoms with Crippen molar-refractivity contribution in [1.29, 1.82) is 0 Å². The van der Waals surface area contributed by atoms with Gasteiger partial charge in [-0.3, -0.25) is 9.69 Å². The van der Waals surface area contributed by atoms with E-state index in [1.165, 1.54) is 0 Å². The second-order valence-corrected chi connectivity index (χ2v) is 4.21. The van der Waals surface area contributed by atoms with Crippen LogP contribution in [0.3, 0.4) is 0 Å². The zero-order valence-corrected chi connectivity index (χ0v) is 9.61. The number of aliphatic hydroxyl groups excluding tert-OH is 1. The molecule has 1 fully saturated rings. The lowest BCUT2D eigenvalue weighted by molar-refractivity contribution is -0.148. The van der Waals surface area contributed by atoms with Crippen molar-refractivity contribution in [2.24, 2.45) is 5.92 Å². The Morgan fingerprint density at radius 3 is 3.00 bits per heavy atom. The Morgan fingerprint density at radius 1 is 1.67 bits per heavy atom. The maximum Gasteiger partial charge on any atom is 0.309 e. The molecule has 1 rings (SSSR count). The molecule has 0 bridgehead atoms. The average Bonchev–Trinajstić information content (AvgIpc) is 2.18. The number of carbonyl (C=O) groups excluding carboxylic acids is 1. The fourth-order valence-corrected chi connectivity index (χ4v) is 1.94. The van der Waals surface area contributed by atoms with E-state index >= 15 is 0 Å². The van der Waals surface area contributed by atoms with E-state index in [0.29, 0.717) is 19.7 Å². The van der Waals surface area contributed by atoms with Gasteiger partial charge in [0, 0.05) is 13.1 Å². The van der Waals surface area contributed by atoms with E-state index < -0.39 is 0 Å². The minimum atomic E-state index is -0.229. The molecule has 2 unspecified atom stereocenters. The standard InChI is InChI=1S/C11H21NO3/c1-3-15-11(14)9(2)7-12-6-4-5-10(13)8-12/h9-10,13H,3-8H2,1-2H3. The number of rotatable bonds is 4. The molecule has 15 heavy (non-hydrogen) atoms. The van der Waals surface area contributed by atoms with Gasteiger partial charge in [0.2, 0.25) is 0 Å². The molecule has 0 saturated carbocycles. The van der Waals surface area contributed by atoms with Crippen molar-refractivity contribution in [3.05, 3.63) is 0 Å². The molecule has 4 heteroatoms. The van der Waals surface area contributed by atoms with Crippen molar-refractivity contribution < 1.29 is 14.6 Å². The Hall–Kier alpha value is -0.610. The molecule has 1 aliphatic rings. The number of likely N-dealkylation sites (tertiary alicyclic amines) is 1. The third-order valence-corrected chi connectivity index (χ3v) is 2.70. The van der Waals surface area contributed by atoms with Crippen molar-refractivity contribution in [1.82, 2.24) is 4.90 Å². The van der Waals surface area contributed by atoms with Crippen LogP contribution in [0.4, 0.5) is 0 Å². The smallest absolute Gasteiger partial charge is 0.309 e. The van der Waals surface area contributed by atoms with Crippen LogP contribution in [0.5, 0.6) is 0 Å². The van der Waals surface area contributed by atoms with Gasteiger partial charge in [-0.25, -0.2) is 0 Å². The van der Waals surface area contributed by atoms with Crippen LogP contribution in [0.2, 0.25) is 0 Å². The fourth-order valence-electron chi connectivity index (χ4n) is 1.94. The van der Waals surface area contributed by atoms with Crippen LogP contribution >= 0.6 is 0 Å². The molecule has 1 N–H and O–H groups in total. The lowest BCUT2D eigenvalue weighted by Gasteiger charge is -2.31. The number of nitrogens with zero attached hydrogens (tertiary/aromatic N) is 1. The van der Waals surface area contributed by atoms with Crippen molar-refractivity contribution >= 4 is 5.97 Å². The maximum atomic E-state index is 11.4. The number of aliphatic hydroxyl groups is 1. The first-order valence-electron chi connectivity index (χ1n) is 5.70. The number of hydrogen-bond acceptors (Lipinski definition) is 4. The van der Waals surface area contributed by atoms with Gasteiger partial charge in [-0.2, -0.15) is 0 Å². The second-order valence-electron chi connectivity index (χ2n) is 4.21. The first-order valence-corrected chi connectivity index (χ1v) is 5.70. The van der Waals surface area contributed by atoms with Gasteiger partial charge in [-0.05, 0) is 26.3 Å². The Bertz CT molecular complexity index is 208. The Balaban J connectivity index is 2.30. The molecule has 1 saturated heterocycles. The minimum Gasteiger partial charge on any atom is -0.466 e. The molecule has 1 heterocycles. The average molecular weight is 215 g/mol. The van der Waals surface area contributed by atoms with Crippen molar-refractivity contribution in [3.63, 3.8) is 0 Å². The summed E-state index contributed by atoms with van der Waals surface area (Å²) in [5, 5.41) is 9.48. The monoisotopic (exact) mass is 215 g/mol. The summed E-state index contributed by atoms with van der Waals surface area (Å²) in [5.41, 5.74) is 0. The molecule has 0 amide bonds. The van der Waals surface area contributed by atoms with Crippen LogP contribution in [0.25, 0.3) is 0 Å². The second kappa shape index (κ2) is 6.08. The number of piperidine rings is 1. The summed E-state index contributed by atoms with van der Waals surface area (Å²) < 4.78 is 4.94. The van der Waals surface area contributed by atoms with Crippen molar-refractivity contribution in [2.75, 3.05) is 26.2 Å². The quantitative estimate of drug-likeness (QED) is 0.699. The Kier molecular flexibility index (Phi) is 5.05. The predicted molar refractivity (Wildman–Crippen MR) is 57.5 cm³/mol. The van der Waals surface area contributed by atoms with E-state index in [0.717, 1.165) is 19.4 Å². The van der Waals surface area contributed by atoms with Gasteiger partial charge in [0.15, 0.2) is 0 Å². The molecular weight excluding hydrogens is 194 g/mol. The van der Waals surface area contributed by atoms with E-state index in [4.69, 9.17) is 4.74 Å². The van der Waals surface area contributed by atoms with E-state index in [2.05, 4.69) is 4.90 Å². The van der Waals surface area contributed by atoms with Crippen LogP contribution < -0.4 is 0 Å². The first kappa shape index (κ1) is 12.5. The van der Waals surface area contributed by atoms with E-state index in [1.807, 2.05) is 13.8 Å². The summed E-state index contributed by atoms with van der Waals surface area (Å²) in [5.74, 6) is -0.243. The highest BCUT2D eigenvalue weighted by molar-refractivity contribution is 5.72. The summed E-state index contributed by atoms with van der Waals surface area (Å²) in [6.07, 6.45) is 1.66. The zero-order valence-electron chi connectivity index (χ0n) is 9.61. The molecule has 0 spiro atoms. The van der Waals surface area contributed by atoms with Gasteiger partial charge < -0.3 is 9.84 Å². The SMILES string of the molecule is CCOC(=O)C(C)CN1CCCC(O)C1. The van der Waals surface area contributed by atoms with Crippen molar-refractivity contribution in [3.8, 4) is 0 Å². The van der Waals surface area contributed by atoms with Gasteiger partial charge in [0.25, 0.3) is 0 Å². The highest BCUT2D eigenvalue weighted by atomic mass is 16.5. The van der Waals surface area contributed by atoms with E-state index in [9.17, 15) is 9.90 Å². The summed E-state index contributed by atoms with van der Waals surface area (Å²) >= 11 is 0. The number of β-amino-alcohol motifs (C(OH)–C–C–N with tert-alkyl or cyclic N) is 1. The Morgan fingerprint density at radius 2 is 2.40 bits per heavy atom. The number of ether oxygens (including phenoxy) is 1. The Labute approximate surface area is 91.2 Å². The highest BCUT2D eigenvalue weighted by Gasteiger charge is 2.22. The zero-order chi connectivity index (χ0) is 11.3. The van der Waals surface area contributed by atoms with Crippen LogP contribution in [-0.4, -0.2) is 48.3 Å². The normalized spacial score (nSPS) is 24.9. The number of esters is 1. The number of carbonyl (C=O) groups is 1. The summed E-state index contributed by atoms with van der Waals surface area (Å²) in [6.45, 7) is 6.47. The lowest BCUT2D eigenvalue weighted by Crippen LogP contribution is -2.42. The van der Waals surface area contributed by atoms with Crippen LogP contribution in [0.1, 0.15) is 26.7 Å². The molecule has 4 nitrogen and oxygen atoms in total. The number of hydrogen-bond donors (Lipinski definition) is 1. The highest BCUT2D eigenvalue weighted by Crippen LogP contribution is 2.12. The molecular formula is C11H21NO3. The molecule has 0 aromatic heterocycles.